The molecule has 0 bridgehead atoms. The molecule has 0 aliphatic carbocycles. The van der Waals surface area contributed by atoms with E-state index in [2.05, 4.69) is 15.6 Å². The number of carbonyl (C=O) groups is 2. The van der Waals surface area contributed by atoms with Crippen molar-refractivity contribution in [3.8, 4) is 0 Å². The van der Waals surface area contributed by atoms with E-state index in [1.807, 2.05) is 18.3 Å². The number of ether oxygens (including phenoxy) is 1. The molecular weight excluding hydrogens is 270 g/mol. The van der Waals surface area contributed by atoms with Gasteiger partial charge in [-0.05, 0) is 36.4 Å². The molecule has 1 aliphatic heterocycles. The molecule has 1 aromatic carbocycles. The van der Waals surface area contributed by atoms with Crippen molar-refractivity contribution in [2.45, 2.75) is 18.9 Å². The van der Waals surface area contributed by atoms with E-state index in [4.69, 9.17) is 4.74 Å². The van der Waals surface area contributed by atoms with E-state index in [0.29, 0.717) is 12.2 Å². The van der Waals surface area contributed by atoms with Crippen molar-refractivity contribution in [3.05, 3.63) is 30.5 Å². The number of fused-ring (bicyclic) bond motifs is 1. The molecule has 2 aromatic rings. The minimum Gasteiger partial charge on any atom is -0.376 e. The maximum Gasteiger partial charge on any atom is 0.313 e. The number of hydrogen-bond acceptors (Lipinski definition) is 3. The largest absolute Gasteiger partial charge is 0.376 e. The van der Waals surface area contributed by atoms with Crippen LogP contribution >= 0.6 is 0 Å². The molecule has 0 saturated carbocycles. The molecule has 0 radical (unpaired) electrons. The van der Waals surface area contributed by atoms with Crippen molar-refractivity contribution in [2.75, 3.05) is 18.5 Å². The summed E-state index contributed by atoms with van der Waals surface area (Å²) in [6, 6.07) is 7.38. The highest BCUT2D eigenvalue weighted by Gasteiger charge is 2.19. The fourth-order valence-corrected chi connectivity index (χ4v) is 2.41. The lowest BCUT2D eigenvalue weighted by molar-refractivity contribution is -0.136. The Hall–Kier alpha value is -2.34. The number of aromatic nitrogens is 1. The van der Waals surface area contributed by atoms with Crippen LogP contribution in [-0.2, 0) is 14.3 Å². The van der Waals surface area contributed by atoms with Crippen molar-refractivity contribution < 1.29 is 14.3 Å². The third-order valence-electron chi connectivity index (χ3n) is 3.53. The number of amides is 2. The first kappa shape index (κ1) is 13.6. The summed E-state index contributed by atoms with van der Waals surface area (Å²) in [6.07, 6.45) is 3.77. The third kappa shape index (κ3) is 3.22. The molecule has 2 heterocycles. The quantitative estimate of drug-likeness (QED) is 0.746. The van der Waals surface area contributed by atoms with Crippen LogP contribution in [0.1, 0.15) is 12.8 Å². The van der Waals surface area contributed by atoms with Crippen molar-refractivity contribution in [3.63, 3.8) is 0 Å². The lowest BCUT2D eigenvalue weighted by Gasteiger charge is -2.10. The van der Waals surface area contributed by atoms with Gasteiger partial charge in [-0.2, -0.15) is 0 Å². The summed E-state index contributed by atoms with van der Waals surface area (Å²) < 4.78 is 5.39. The molecule has 6 nitrogen and oxygen atoms in total. The zero-order chi connectivity index (χ0) is 14.7. The Labute approximate surface area is 121 Å². The average molecular weight is 287 g/mol. The second kappa shape index (κ2) is 5.97. The van der Waals surface area contributed by atoms with E-state index in [0.717, 1.165) is 30.4 Å². The Morgan fingerprint density at radius 1 is 1.29 bits per heavy atom. The molecule has 1 aliphatic rings. The van der Waals surface area contributed by atoms with Crippen LogP contribution in [0.15, 0.2) is 30.5 Å². The lowest BCUT2D eigenvalue weighted by atomic mass is 10.2. The van der Waals surface area contributed by atoms with E-state index >= 15 is 0 Å². The number of hydrogen-bond donors (Lipinski definition) is 3. The number of carbonyl (C=O) groups excluding carboxylic acids is 2. The molecule has 0 unspecified atom stereocenters. The minimum absolute atomic E-state index is 0.0250. The summed E-state index contributed by atoms with van der Waals surface area (Å²) in [6.45, 7) is 1.10. The van der Waals surface area contributed by atoms with Crippen LogP contribution in [-0.4, -0.2) is 36.1 Å². The molecule has 0 spiro atoms. The molecule has 1 aromatic heterocycles. The van der Waals surface area contributed by atoms with E-state index in [-0.39, 0.29) is 6.10 Å². The Morgan fingerprint density at radius 3 is 3.00 bits per heavy atom. The molecule has 1 saturated heterocycles. The van der Waals surface area contributed by atoms with E-state index in [1.165, 1.54) is 0 Å². The van der Waals surface area contributed by atoms with Gasteiger partial charge in [-0.25, -0.2) is 0 Å². The number of benzene rings is 1. The van der Waals surface area contributed by atoms with Crippen LogP contribution in [0.25, 0.3) is 10.9 Å². The predicted molar refractivity (Wildman–Crippen MR) is 78.9 cm³/mol. The Balaban J connectivity index is 1.55. The molecule has 6 heteroatoms. The Morgan fingerprint density at radius 2 is 2.19 bits per heavy atom. The van der Waals surface area contributed by atoms with Crippen LogP contribution in [0, 0.1) is 0 Å². The minimum atomic E-state index is -0.668. The van der Waals surface area contributed by atoms with Gasteiger partial charge in [-0.15, -0.1) is 0 Å². The number of rotatable bonds is 3. The van der Waals surface area contributed by atoms with E-state index < -0.39 is 11.8 Å². The van der Waals surface area contributed by atoms with Gasteiger partial charge < -0.3 is 20.4 Å². The first-order chi connectivity index (χ1) is 10.2. The number of aromatic amines is 1. The van der Waals surface area contributed by atoms with Crippen molar-refractivity contribution in [2.24, 2.45) is 0 Å². The van der Waals surface area contributed by atoms with Crippen molar-refractivity contribution in [1.82, 2.24) is 10.3 Å². The SMILES string of the molecule is O=C(NC[C@H]1CCCO1)C(=O)Nc1ccc2cc[nH]c2c1. The van der Waals surface area contributed by atoms with E-state index in [9.17, 15) is 9.59 Å². The zero-order valence-corrected chi connectivity index (χ0v) is 11.5. The number of anilines is 1. The molecule has 3 rings (SSSR count). The van der Waals surface area contributed by atoms with Crippen molar-refractivity contribution in [1.29, 1.82) is 0 Å². The maximum atomic E-state index is 11.8. The van der Waals surface area contributed by atoms with Crippen LogP contribution in [0.5, 0.6) is 0 Å². The van der Waals surface area contributed by atoms with Crippen molar-refractivity contribution >= 4 is 28.4 Å². The molecule has 1 atom stereocenters. The smallest absolute Gasteiger partial charge is 0.313 e. The molecule has 21 heavy (non-hydrogen) atoms. The first-order valence-corrected chi connectivity index (χ1v) is 7.00. The fourth-order valence-electron chi connectivity index (χ4n) is 2.41. The van der Waals surface area contributed by atoms with Gasteiger partial charge in [0.05, 0.1) is 6.10 Å². The Kier molecular flexibility index (Phi) is 3.87. The predicted octanol–water partition coefficient (Wildman–Crippen LogP) is 1.40. The molecule has 3 N–H and O–H groups in total. The van der Waals surface area contributed by atoms with Crippen LogP contribution < -0.4 is 10.6 Å². The summed E-state index contributed by atoms with van der Waals surface area (Å²) in [5.41, 5.74) is 1.50. The highest BCUT2D eigenvalue weighted by molar-refractivity contribution is 6.39. The molecule has 2 amide bonds. The normalized spacial score (nSPS) is 17.8. The first-order valence-electron chi connectivity index (χ1n) is 7.00. The summed E-state index contributed by atoms with van der Waals surface area (Å²) in [7, 11) is 0. The van der Waals surface area contributed by atoms with Gasteiger partial charge in [0, 0.05) is 30.6 Å². The highest BCUT2D eigenvalue weighted by atomic mass is 16.5. The highest BCUT2D eigenvalue weighted by Crippen LogP contribution is 2.17. The van der Waals surface area contributed by atoms with Crippen LogP contribution in [0.4, 0.5) is 5.69 Å². The van der Waals surface area contributed by atoms with Gasteiger partial charge in [-0.3, -0.25) is 9.59 Å². The zero-order valence-electron chi connectivity index (χ0n) is 11.5. The third-order valence-corrected chi connectivity index (χ3v) is 3.53. The molecule has 1 fully saturated rings. The second-order valence-electron chi connectivity index (χ2n) is 5.08. The van der Waals surface area contributed by atoms with Gasteiger partial charge in [0.25, 0.3) is 0 Å². The van der Waals surface area contributed by atoms with Gasteiger partial charge >= 0.3 is 11.8 Å². The second-order valence-corrected chi connectivity index (χ2v) is 5.08. The van der Waals surface area contributed by atoms with Gasteiger partial charge in [0.1, 0.15) is 0 Å². The van der Waals surface area contributed by atoms with Crippen LogP contribution in [0.3, 0.4) is 0 Å². The summed E-state index contributed by atoms with van der Waals surface area (Å²) in [5, 5.41) is 6.23. The number of H-pyrrole nitrogens is 1. The van der Waals surface area contributed by atoms with Gasteiger partial charge in [0.2, 0.25) is 0 Å². The van der Waals surface area contributed by atoms with E-state index in [1.54, 1.807) is 12.1 Å². The lowest BCUT2D eigenvalue weighted by Crippen LogP contribution is -2.39. The average Bonchev–Trinajstić information content (AvgIpc) is 3.15. The van der Waals surface area contributed by atoms with Gasteiger partial charge in [0.15, 0.2) is 0 Å². The Bertz CT molecular complexity index is 659. The summed E-state index contributed by atoms with van der Waals surface area (Å²) in [4.78, 5) is 26.6. The molecule has 110 valence electrons. The fraction of sp³-hybridized carbons (Fsp3) is 0.333. The maximum absolute atomic E-state index is 11.8. The molecular formula is C15H17N3O3. The number of nitrogens with one attached hydrogen (secondary N) is 3. The summed E-state index contributed by atoms with van der Waals surface area (Å²) in [5.74, 6) is -1.31. The standard InChI is InChI=1S/C15H17N3O3/c19-14(17-9-12-2-1-7-21-12)15(20)18-11-4-3-10-5-6-16-13(10)8-11/h3-6,8,12,16H,1-2,7,9H2,(H,17,19)(H,18,20)/t12-/m1/s1. The van der Waals surface area contributed by atoms with Crippen LogP contribution in [0.2, 0.25) is 0 Å². The summed E-state index contributed by atoms with van der Waals surface area (Å²) >= 11 is 0. The van der Waals surface area contributed by atoms with Gasteiger partial charge in [-0.1, -0.05) is 6.07 Å². The monoisotopic (exact) mass is 287 g/mol. The topological polar surface area (TPSA) is 83.2 Å².